The number of benzene rings is 1. The lowest BCUT2D eigenvalue weighted by Gasteiger charge is -2.18. The lowest BCUT2D eigenvalue weighted by Crippen LogP contribution is -2.32. The highest BCUT2D eigenvalue weighted by Crippen LogP contribution is 2.33. The average Bonchev–Trinajstić information content (AvgIpc) is 2.38. The summed E-state index contributed by atoms with van der Waals surface area (Å²) in [5.41, 5.74) is 1.03. The first-order valence-electron chi connectivity index (χ1n) is 6.35. The Morgan fingerprint density at radius 2 is 2.22 bits per heavy atom. The Balaban J connectivity index is 1.81. The lowest BCUT2D eigenvalue weighted by molar-refractivity contribution is 0.654. The van der Waals surface area contributed by atoms with Crippen LogP contribution in [0.25, 0.3) is 0 Å². The third-order valence-electron chi connectivity index (χ3n) is 2.75. The second kappa shape index (κ2) is 6.90. The van der Waals surface area contributed by atoms with Crippen molar-refractivity contribution in [2.24, 2.45) is 4.40 Å². The monoisotopic (exact) mass is 283 g/mol. The molecule has 1 heterocycles. The maximum absolute atomic E-state index is 5.98. The molecular formula is C13H18ClN3S. The number of fused-ring (bicyclic) bond motifs is 1. The number of hydrogen-bond acceptors (Lipinski definition) is 4. The molecule has 3 nitrogen and oxygen atoms in total. The van der Waals surface area contributed by atoms with E-state index < -0.39 is 0 Å². The molecule has 1 aromatic rings. The van der Waals surface area contributed by atoms with E-state index in [-0.39, 0.29) is 0 Å². The molecule has 2 N–H and O–H groups in total. The van der Waals surface area contributed by atoms with Crippen molar-refractivity contribution in [3.05, 3.63) is 23.2 Å². The van der Waals surface area contributed by atoms with Gasteiger partial charge in [-0.25, -0.2) is 0 Å². The Hall–Kier alpha value is -0.870. The molecule has 0 bridgehead atoms. The van der Waals surface area contributed by atoms with Gasteiger partial charge in [-0.15, -0.1) is 0 Å². The van der Waals surface area contributed by atoms with Crippen LogP contribution in [-0.2, 0) is 0 Å². The van der Waals surface area contributed by atoms with Gasteiger partial charge in [-0.05, 0) is 24.6 Å². The van der Waals surface area contributed by atoms with E-state index in [0.29, 0.717) is 0 Å². The van der Waals surface area contributed by atoms with Gasteiger partial charge < -0.3 is 10.6 Å². The van der Waals surface area contributed by atoms with Gasteiger partial charge in [0.15, 0.2) is 0 Å². The molecule has 0 unspecified atom stereocenters. The van der Waals surface area contributed by atoms with Crippen LogP contribution in [0.15, 0.2) is 27.5 Å². The molecule has 18 heavy (non-hydrogen) atoms. The van der Waals surface area contributed by atoms with Crippen molar-refractivity contribution in [2.75, 3.05) is 11.9 Å². The number of unbranched alkanes of at least 4 members (excludes halogenated alkanes) is 3. The molecule has 5 heteroatoms. The van der Waals surface area contributed by atoms with Crippen molar-refractivity contribution in [1.82, 2.24) is 5.32 Å². The van der Waals surface area contributed by atoms with Gasteiger partial charge in [-0.2, -0.15) is 4.40 Å². The molecule has 1 aliphatic rings. The molecule has 1 aromatic carbocycles. The largest absolute Gasteiger partial charge is 0.355 e. The highest BCUT2D eigenvalue weighted by molar-refractivity contribution is 7.98. The molecule has 0 spiro atoms. The molecule has 0 saturated carbocycles. The first-order chi connectivity index (χ1) is 8.79. The highest BCUT2D eigenvalue weighted by Gasteiger charge is 2.12. The number of guanidine groups is 1. The Morgan fingerprint density at radius 1 is 1.33 bits per heavy atom. The SMILES string of the molecule is CCCCCCNC1=NSc2ccc(Cl)cc2N1. The molecule has 2 rings (SSSR count). The highest BCUT2D eigenvalue weighted by atomic mass is 35.5. The minimum absolute atomic E-state index is 0.742. The molecule has 0 aromatic heterocycles. The summed E-state index contributed by atoms with van der Waals surface area (Å²) >= 11 is 7.45. The fraction of sp³-hybridized carbons (Fsp3) is 0.462. The molecular weight excluding hydrogens is 266 g/mol. The first-order valence-corrected chi connectivity index (χ1v) is 7.50. The van der Waals surface area contributed by atoms with Crippen molar-refractivity contribution in [3.63, 3.8) is 0 Å². The quantitative estimate of drug-likeness (QED) is 0.625. The summed E-state index contributed by atoms with van der Waals surface area (Å²) < 4.78 is 4.39. The van der Waals surface area contributed by atoms with E-state index in [1.165, 1.54) is 37.6 Å². The van der Waals surface area contributed by atoms with Crippen LogP contribution in [0.5, 0.6) is 0 Å². The van der Waals surface area contributed by atoms with Crippen LogP contribution in [0.4, 0.5) is 5.69 Å². The molecule has 0 saturated heterocycles. The lowest BCUT2D eigenvalue weighted by atomic mass is 10.2. The Kier molecular flexibility index (Phi) is 5.20. The average molecular weight is 284 g/mol. The molecule has 98 valence electrons. The van der Waals surface area contributed by atoms with E-state index in [1.807, 2.05) is 18.2 Å². The van der Waals surface area contributed by atoms with E-state index in [4.69, 9.17) is 11.6 Å². The van der Waals surface area contributed by atoms with Crippen LogP contribution < -0.4 is 10.6 Å². The van der Waals surface area contributed by atoms with Gasteiger partial charge in [0.05, 0.1) is 10.6 Å². The van der Waals surface area contributed by atoms with Crippen molar-refractivity contribution < 1.29 is 0 Å². The summed E-state index contributed by atoms with van der Waals surface area (Å²) in [6.07, 6.45) is 5.02. The van der Waals surface area contributed by atoms with Crippen LogP contribution in [-0.4, -0.2) is 12.5 Å². The third-order valence-corrected chi connectivity index (χ3v) is 3.81. The molecule has 0 fully saturated rings. The van der Waals surface area contributed by atoms with Gasteiger partial charge in [0, 0.05) is 23.5 Å². The maximum Gasteiger partial charge on any atom is 0.207 e. The third kappa shape index (κ3) is 3.82. The number of hydrogen-bond donors (Lipinski definition) is 2. The van der Waals surface area contributed by atoms with Crippen LogP contribution in [0, 0.1) is 0 Å². The van der Waals surface area contributed by atoms with Crippen LogP contribution in [0.2, 0.25) is 5.02 Å². The van der Waals surface area contributed by atoms with Gasteiger partial charge in [-0.1, -0.05) is 37.8 Å². The van der Waals surface area contributed by atoms with Gasteiger partial charge in [0.1, 0.15) is 0 Å². The summed E-state index contributed by atoms with van der Waals surface area (Å²) in [5.74, 6) is 0.825. The summed E-state index contributed by atoms with van der Waals surface area (Å²) in [6.45, 7) is 3.18. The number of halogens is 1. The molecule has 0 atom stereocenters. The van der Waals surface area contributed by atoms with Crippen molar-refractivity contribution in [2.45, 2.75) is 37.5 Å². The minimum atomic E-state index is 0.742. The fourth-order valence-corrected chi connectivity index (χ4v) is 2.57. The molecule has 0 amide bonds. The van der Waals surface area contributed by atoms with Crippen LogP contribution >= 0.6 is 23.5 Å². The number of nitrogens with zero attached hydrogens (tertiary/aromatic N) is 1. The van der Waals surface area contributed by atoms with Crippen LogP contribution in [0.3, 0.4) is 0 Å². The number of nitrogens with one attached hydrogen (secondary N) is 2. The van der Waals surface area contributed by atoms with E-state index in [1.54, 1.807) is 0 Å². The molecule has 1 aliphatic heterocycles. The first kappa shape index (κ1) is 13.6. The van der Waals surface area contributed by atoms with Gasteiger partial charge in [-0.3, -0.25) is 0 Å². The molecule has 0 radical (unpaired) electrons. The van der Waals surface area contributed by atoms with Gasteiger partial charge >= 0.3 is 0 Å². The number of anilines is 1. The van der Waals surface area contributed by atoms with Crippen molar-refractivity contribution in [1.29, 1.82) is 0 Å². The normalized spacial score (nSPS) is 13.6. The van der Waals surface area contributed by atoms with Crippen molar-refractivity contribution in [3.8, 4) is 0 Å². The predicted molar refractivity (Wildman–Crippen MR) is 80.5 cm³/mol. The smallest absolute Gasteiger partial charge is 0.207 e. The topological polar surface area (TPSA) is 36.4 Å². The second-order valence-corrected chi connectivity index (χ2v) is 5.53. The Labute approximate surface area is 118 Å². The van der Waals surface area contributed by atoms with E-state index in [0.717, 1.165) is 28.1 Å². The summed E-state index contributed by atoms with van der Waals surface area (Å²) in [5, 5.41) is 7.32. The standard InChI is InChI=1S/C13H18ClN3S/c1-2-3-4-5-8-15-13-16-11-9-10(14)6-7-12(11)18-17-13/h6-7,9H,2-5,8H2,1H3,(H2,15,16,17). The number of rotatable bonds is 5. The fourth-order valence-electron chi connectivity index (χ4n) is 1.76. The van der Waals surface area contributed by atoms with E-state index in [9.17, 15) is 0 Å². The van der Waals surface area contributed by atoms with Crippen LogP contribution in [0.1, 0.15) is 32.6 Å². The van der Waals surface area contributed by atoms with Gasteiger partial charge in [0.2, 0.25) is 5.96 Å². The summed E-state index contributed by atoms with van der Waals surface area (Å²) in [4.78, 5) is 1.11. The van der Waals surface area contributed by atoms with Crippen molar-refractivity contribution >= 4 is 35.2 Å². The zero-order valence-corrected chi connectivity index (χ0v) is 12.1. The zero-order chi connectivity index (χ0) is 12.8. The minimum Gasteiger partial charge on any atom is -0.355 e. The Bertz CT molecular complexity index is 434. The zero-order valence-electron chi connectivity index (χ0n) is 10.5. The van der Waals surface area contributed by atoms with E-state index >= 15 is 0 Å². The second-order valence-electron chi connectivity index (χ2n) is 4.28. The van der Waals surface area contributed by atoms with Gasteiger partial charge in [0.25, 0.3) is 0 Å². The Morgan fingerprint density at radius 3 is 3.06 bits per heavy atom. The maximum atomic E-state index is 5.98. The van der Waals surface area contributed by atoms with E-state index in [2.05, 4.69) is 22.0 Å². The predicted octanol–water partition coefficient (Wildman–Crippen LogP) is 4.30. The summed E-state index contributed by atoms with van der Waals surface area (Å²) in [7, 11) is 0. The molecule has 0 aliphatic carbocycles. The summed E-state index contributed by atoms with van der Waals surface area (Å²) in [6, 6.07) is 5.79.